The van der Waals surface area contributed by atoms with Crippen LogP contribution in [0.1, 0.15) is 5.56 Å². The highest BCUT2D eigenvalue weighted by Crippen LogP contribution is 2.29. The minimum Gasteiger partial charge on any atom is -0.493 e. The molecule has 0 radical (unpaired) electrons. The van der Waals surface area contributed by atoms with Gasteiger partial charge in [-0.3, -0.25) is 4.79 Å². The number of rotatable bonds is 8. The molecule has 1 fully saturated rings. The van der Waals surface area contributed by atoms with Crippen LogP contribution in [0.5, 0.6) is 11.5 Å². The summed E-state index contributed by atoms with van der Waals surface area (Å²) in [5.74, 6) is 0.162. The zero-order valence-corrected chi connectivity index (χ0v) is 15.3. The van der Waals surface area contributed by atoms with Gasteiger partial charge in [-0.25, -0.2) is 4.79 Å². The van der Waals surface area contributed by atoms with Crippen LogP contribution in [0.3, 0.4) is 0 Å². The number of hydrogen-bond acceptors (Lipinski definition) is 8. The number of carbonyl (C=O) groups is 2. The highest BCUT2D eigenvalue weighted by molar-refractivity contribution is 5.91. The van der Waals surface area contributed by atoms with Gasteiger partial charge in [0.1, 0.15) is 6.61 Å². The fraction of sp³-hybridized carbons (Fsp3) is 0.412. The predicted molar refractivity (Wildman–Crippen MR) is 96.4 cm³/mol. The standard InChI is InChI=1S/C17H21N3O8/c1-25-15-12-13(3-5-16(21)18-6-9-27-20(23)24)2-4-14(15)28-17(22)19-7-10-26-11-8-19/h2-5,12H,6-11H2,1H3,(H,18,21)/b5-3+. The summed E-state index contributed by atoms with van der Waals surface area (Å²) < 4.78 is 15.8. The Morgan fingerprint density at radius 3 is 2.75 bits per heavy atom. The van der Waals surface area contributed by atoms with Crippen molar-refractivity contribution in [3.05, 3.63) is 40.0 Å². The molecule has 28 heavy (non-hydrogen) atoms. The zero-order valence-electron chi connectivity index (χ0n) is 15.3. The van der Waals surface area contributed by atoms with Gasteiger partial charge < -0.3 is 29.3 Å². The largest absolute Gasteiger partial charge is 0.493 e. The summed E-state index contributed by atoms with van der Waals surface area (Å²) in [5, 5.41) is 11.5. The molecule has 0 unspecified atom stereocenters. The van der Waals surface area contributed by atoms with E-state index >= 15 is 0 Å². The second-order valence-corrected chi connectivity index (χ2v) is 5.56. The molecular weight excluding hydrogens is 374 g/mol. The SMILES string of the molecule is COc1cc(/C=C/C(=O)NCCO[N+](=O)[O-])ccc1OC(=O)N1CCOCC1. The van der Waals surface area contributed by atoms with Crippen molar-refractivity contribution in [2.24, 2.45) is 0 Å². The molecule has 11 nitrogen and oxygen atoms in total. The average molecular weight is 395 g/mol. The molecule has 0 saturated carbocycles. The molecule has 0 aromatic heterocycles. The summed E-state index contributed by atoms with van der Waals surface area (Å²) in [4.78, 5) is 39.5. The Morgan fingerprint density at radius 2 is 2.07 bits per heavy atom. The normalized spacial score (nSPS) is 13.8. The van der Waals surface area contributed by atoms with Crippen LogP contribution in [-0.4, -0.2) is 68.6 Å². The molecule has 1 aliphatic rings. The Bertz CT molecular complexity index is 731. The smallest absolute Gasteiger partial charge is 0.415 e. The molecule has 1 N–H and O–H groups in total. The van der Waals surface area contributed by atoms with Crippen LogP contribution in [-0.2, 0) is 14.4 Å². The number of nitrogens with one attached hydrogen (secondary N) is 1. The van der Waals surface area contributed by atoms with Crippen molar-refractivity contribution in [1.29, 1.82) is 0 Å². The lowest BCUT2D eigenvalue weighted by atomic mass is 10.2. The molecule has 152 valence electrons. The summed E-state index contributed by atoms with van der Waals surface area (Å²) >= 11 is 0. The van der Waals surface area contributed by atoms with E-state index in [2.05, 4.69) is 10.2 Å². The summed E-state index contributed by atoms with van der Waals surface area (Å²) in [7, 11) is 1.44. The average Bonchev–Trinajstić information content (AvgIpc) is 2.70. The number of carbonyl (C=O) groups excluding carboxylic acids is 2. The first-order valence-corrected chi connectivity index (χ1v) is 8.45. The van der Waals surface area contributed by atoms with Gasteiger partial charge in [-0.2, -0.15) is 0 Å². The Morgan fingerprint density at radius 1 is 1.32 bits per heavy atom. The molecule has 1 aromatic rings. The van der Waals surface area contributed by atoms with Crippen molar-refractivity contribution < 1.29 is 33.7 Å². The molecule has 1 heterocycles. The van der Waals surface area contributed by atoms with E-state index in [1.165, 1.54) is 19.3 Å². The lowest BCUT2D eigenvalue weighted by Gasteiger charge is -2.26. The maximum absolute atomic E-state index is 12.2. The summed E-state index contributed by atoms with van der Waals surface area (Å²) in [6.45, 7) is 1.63. The highest BCUT2D eigenvalue weighted by atomic mass is 16.9. The minimum atomic E-state index is -0.929. The van der Waals surface area contributed by atoms with E-state index in [9.17, 15) is 19.7 Å². The summed E-state index contributed by atoms with van der Waals surface area (Å²) in [6, 6.07) is 4.84. The van der Waals surface area contributed by atoms with Gasteiger partial charge in [0.2, 0.25) is 5.91 Å². The number of ether oxygens (including phenoxy) is 3. The van der Waals surface area contributed by atoms with Crippen molar-refractivity contribution in [3.63, 3.8) is 0 Å². The number of methoxy groups -OCH3 is 1. The number of nitrogens with zero attached hydrogens (tertiary/aromatic N) is 2. The molecule has 2 amide bonds. The first kappa shape index (κ1) is 21.0. The molecule has 0 bridgehead atoms. The van der Waals surface area contributed by atoms with Crippen LogP contribution in [0.15, 0.2) is 24.3 Å². The molecule has 1 aliphatic heterocycles. The number of amides is 2. The second-order valence-electron chi connectivity index (χ2n) is 5.56. The van der Waals surface area contributed by atoms with Crippen LogP contribution in [0.25, 0.3) is 6.08 Å². The molecular formula is C17H21N3O8. The fourth-order valence-corrected chi connectivity index (χ4v) is 2.30. The zero-order chi connectivity index (χ0) is 20.4. The third-order valence-electron chi connectivity index (χ3n) is 3.68. The van der Waals surface area contributed by atoms with E-state index in [0.717, 1.165) is 0 Å². The molecule has 11 heteroatoms. The van der Waals surface area contributed by atoms with Crippen molar-refractivity contribution >= 4 is 18.1 Å². The third kappa shape index (κ3) is 6.76. The van der Waals surface area contributed by atoms with Crippen molar-refractivity contribution in [2.45, 2.75) is 0 Å². The Labute approximate surface area is 160 Å². The maximum atomic E-state index is 12.2. The van der Waals surface area contributed by atoms with Crippen LogP contribution in [0, 0.1) is 10.1 Å². The van der Waals surface area contributed by atoms with Crippen molar-refractivity contribution in [1.82, 2.24) is 10.2 Å². The van der Waals surface area contributed by atoms with E-state index in [4.69, 9.17) is 14.2 Å². The second kappa shape index (κ2) is 10.7. The first-order valence-electron chi connectivity index (χ1n) is 8.45. The van der Waals surface area contributed by atoms with Gasteiger partial charge in [0, 0.05) is 25.7 Å². The van der Waals surface area contributed by atoms with Gasteiger partial charge in [-0.05, 0) is 23.8 Å². The van der Waals surface area contributed by atoms with Gasteiger partial charge in [0.15, 0.2) is 11.5 Å². The Balaban J connectivity index is 1.91. The lowest BCUT2D eigenvalue weighted by molar-refractivity contribution is -0.757. The van der Waals surface area contributed by atoms with E-state index in [1.807, 2.05) is 0 Å². The predicted octanol–water partition coefficient (Wildman–Crippen LogP) is 0.864. The highest BCUT2D eigenvalue weighted by Gasteiger charge is 2.20. The lowest BCUT2D eigenvalue weighted by Crippen LogP contribution is -2.42. The molecule has 0 atom stereocenters. The molecule has 1 saturated heterocycles. The van der Waals surface area contributed by atoms with Crippen LogP contribution < -0.4 is 14.8 Å². The first-order chi connectivity index (χ1) is 13.5. The van der Waals surface area contributed by atoms with Crippen LogP contribution >= 0.6 is 0 Å². The quantitative estimate of drug-likeness (QED) is 0.297. The number of benzene rings is 1. The van der Waals surface area contributed by atoms with E-state index < -0.39 is 17.1 Å². The molecule has 1 aromatic carbocycles. The Kier molecular flexibility index (Phi) is 8.03. The number of morpholine rings is 1. The van der Waals surface area contributed by atoms with Crippen LogP contribution in [0.4, 0.5) is 4.79 Å². The summed E-state index contributed by atoms with van der Waals surface area (Å²) in [5.41, 5.74) is 0.639. The maximum Gasteiger partial charge on any atom is 0.415 e. The van der Waals surface area contributed by atoms with E-state index in [-0.39, 0.29) is 18.9 Å². The minimum absolute atomic E-state index is 0.00387. The monoisotopic (exact) mass is 395 g/mol. The topological polar surface area (TPSA) is 129 Å². The van der Waals surface area contributed by atoms with Gasteiger partial charge in [-0.15, -0.1) is 10.1 Å². The fourth-order valence-electron chi connectivity index (χ4n) is 2.30. The van der Waals surface area contributed by atoms with Crippen LogP contribution in [0.2, 0.25) is 0 Å². The van der Waals surface area contributed by atoms with Crippen molar-refractivity contribution in [3.8, 4) is 11.5 Å². The van der Waals surface area contributed by atoms with Gasteiger partial charge in [-0.1, -0.05) is 6.07 Å². The summed E-state index contributed by atoms with van der Waals surface area (Å²) in [6.07, 6.45) is 2.31. The Hall–Kier alpha value is -3.34. The van der Waals surface area contributed by atoms with Gasteiger partial charge in [0.25, 0.3) is 5.09 Å². The third-order valence-corrected chi connectivity index (χ3v) is 3.68. The van der Waals surface area contributed by atoms with Gasteiger partial charge >= 0.3 is 6.09 Å². The number of hydrogen-bond donors (Lipinski definition) is 1. The molecule has 0 spiro atoms. The molecule has 0 aliphatic carbocycles. The molecule has 2 rings (SSSR count). The van der Waals surface area contributed by atoms with Gasteiger partial charge in [0.05, 0.1) is 20.3 Å². The van der Waals surface area contributed by atoms with E-state index in [1.54, 1.807) is 23.1 Å². The van der Waals surface area contributed by atoms with E-state index in [0.29, 0.717) is 37.6 Å². The van der Waals surface area contributed by atoms with Crippen molar-refractivity contribution in [2.75, 3.05) is 46.6 Å².